The lowest BCUT2D eigenvalue weighted by atomic mass is 9.75. The van der Waals surface area contributed by atoms with Gasteiger partial charge in [-0.25, -0.2) is 0 Å². The number of nitrogens with zero attached hydrogens (tertiary/aromatic N) is 2. The van der Waals surface area contributed by atoms with Crippen LogP contribution in [0.5, 0.6) is 0 Å². The molecule has 33 heavy (non-hydrogen) atoms. The Balaban J connectivity index is 1.76. The van der Waals surface area contributed by atoms with Crippen LogP contribution in [0.3, 0.4) is 0 Å². The summed E-state index contributed by atoms with van der Waals surface area (Å²) < 4.78 is 4.04. The number of carbonyl (C=O) groups excluding carboxylic acids is 3. The summed E-state index contributed by atoms with van der Waals surface area (Å²) in [6.45, 7) is 9.35. The highest BCUT2D eigenvalue weighted by atomic mass is 32.2. The van der Waals surface area contributed by atoms with E-state index in [-0.39, 0.29) is 31.0 Å². The molecule has 2 saturated heterocycles. The first-order chi connectivity index (χ1) is 15.6. The molecule has 4 rings (SSSR count). The third-order valence-corrected chi connectivity index (χ3v) is 9.23. The maximum absolute atomic E-state index is 14.1. The number of rotatable bonds is 6. The predicted octanol–water partition coefficient (Wildman–Crippen LogP) is 2.54. The van der Waals surface area contributed by atoms with Crippen molar-refractivity contribution in [1.82, 2.24) is 9.80 Å². The highest BCUT2D eigenvalue weighted by Gasteiger charge is 2.74. The van der Waals surface area contributed by atoms with Gasteiger partial charge in [-0.15, -0.1) is 11.8 Å². The summed E-state index contributed by atoms with van der Waals surface area (Å²) >= 11 is 1.58. The lowest BCUT2D eigenvalue weighted by Gasteiger charge is -2.41. The zero-order valence-corrected chi connectivity index (χ0v) is 20.9. The van der Waals surface area contributed by atoms with Crippen molar-refractivity contribution < 1.29 is 24.2 Å². The smallest absolute Gasteiger partial charge is 0.311 e. The summed E-state index contributed by atoms with van der Waals surface area (Å²) in [5.74, 6) is -1.79. The summed E-state index contributed by atoms with van der Waals surface area (Å²) in [6.07, 6.45) is 11.1. The summed E-state index contributed by atoms with van der Waals surface area (Å²) in [5, 5.41) is 9.06. The molecule has 5 atom stereocenters. The van der Waals surface area contributed by atoms with Crippen molar-refractivity contribution in [2.45, 2.75) is 74.5 Å². The first kappa shape index (κ1) is 24.3. The van der Waals surface area contributed by atoms with Crippen molar-refractivity contribution in [1.29, 1.82) is 0 Å². The number of fused-ring (bicyclic) bond motifs is 2. The third kappa shape index (κ3) is 3.93. The largest absolute Gasteiger partial charge is 0.461 e. The number of unbranched alkanes of at least 4 members (excludes halogenated alkanes) is 3. The molecular weight excluding hydrogens is 440 g/mol. The standard InChI is InChI=1S/C25H36N2O5S/c1-23(2,3)27-14-9-12-25-17(18-22(31)32-16-10-11-24(18,4)33-25)20(29)26(19(25)21(27)30)13-7-5-6-8-15-28/h9-12,17-19,28H,5-8,13-16H2,1-4H3/t17-,18+,19?,24-,25-/m0/s1. The molecule has 182 valence electrons. The van der Waals surface area contributed by atoms with Crippen molar-refractivity contribution in [3.63, 3.8) is 0 Å². The molecule has 7 nitrogen and oxygen atoms in total. The highest BCUT2D eigenvalue weighted by Crippen LogP contribution is 2.65. The number of amides is 2. The second kappa shape index (κ2) is 8.77. The van der Waals surface area contributed by atoms with Gasteiger partial charge < -0.3 is 19.6 Å². The molecule has 4 aliphatic rings. The molecule has 1 N–H and O–H groups in total. The number of cyclic esters (lactones) is 1. The quantitative estimate of drug-likeness (QED) is 0.360. The van der Waals surface area contributed by atoms with E-state index in [4.69, 9.17) is 9.84 Å². The van der Waals surface area contributed by atoms with Crippen LogP contribution in [-0.4, -0.2) is 80.1 Å². The Morgan fingerprint density at radius 1 is 1.06 bits per heavy atom. The van der Waals surface area contributed by atoms with Crippen LogP contribution in [0.25, 0.3) is 0 Å². The number of hydrogen-bond acceptors (Lipinski definition) is 6. The monoisotopic (exact) mass is 476 g/mol. The van der Waals surface area contributed by atoms with Crippen LogP contribution in [0.15, 0.2) is 24.3 Å². The minimum Gasteiger partial charge on any atom is -0.461 e. The fraction of sp³-hybridized carbons (Fsp3) is 0.720. The first-order valence-corrected chi connectivity index (χ1v) is 12.8. The minimum absolute atomic E-state index is 0.0522. The van der Waals surface area contributed by atoms with E-state index in [0.717, 1.165) is 25.7 Å². The molecule has 0 aromatic rings. The van der Waals surface area contributed by atoms with Gasteiger partial charge in [0.1, 0.15) is 12.6 Å². The van der Waals surface area contributed by atoms with Crippen molar-refractivity contribution in [3.8, 4) is 0 Å². The topological polar surface area (TPSA) is 87.2 Å². The first-order valence-electron chi connectivity index (χ1n) is 12.0. The molecule has 8 heteroatoms. The van der Waals surface area contributed by atoms with E-state index in [0.29, 0.717) is 13.1 Å². The van der Waals surface area contributed by atoms with Crippen LogP contribution < -0.4 is 0 Å². The third-order valence-electron chi connectivity index (χ3n) is 7.43. The molecule has 0 aliphatic carbocycles. The Labute approximate surface area is 200 Å². The SMILES string of the molecule is CC(C)(C)N1CC=C[C@]23S[C@@]4(C)C=CCOC(=O)[C@H]4[C@H]2C(=O)N(CCCCCCO)C3C1=O. The van der Waals surface area contributed by atoms with Crippen molar-refractivity contribution in [2.24, 2.45) is 11.8 Å². The summed E-state index contributed by atoms with van der Waals surface area (Å²) in [4.78, 5) is 44.7. The second-order valence-corrected chi connectivity index (χ2v) is 12.5. The number of hydrogen-bond donors (Lipinski definition) is 1. The molecule has 2 amide bonds. The van der Waals surface area contributed by atoms with E-state index in [1.807, 2.05) is 56.9 Å². The summed E-state index contributed by atoms with van der Waals surface area (Å²) in [7, 11) is 0. The van der Waals surface area contributed by atoms with Gasteiger partial charge in [0.25, 0.3) is 0 Å². The van der Waals surface area contributed by atoms with Crippen LogP contribution in [0.4, 0.5) is 0 Å². The van der Waals surface area contributed by atoms with Gasteiger partial charge in [-0.1, -0.05) is 31.1 Å². The number of esters is 1. The maximum Gasteiger partial charge on any atom is 0.311 e. The van der Waals surface area contributed by atoms with Gasteiger partial charge in [-0.2, -0.15) is 0 Å². The lowest BCUT2D eigenvalue weighted by Crippen LogP contribution is -2.57. The normalized spacial score (nSPS) is 35.8. The zero-order chi connectivity index (χ0) is 24.0. The van der Waals surface area contributed by atoms with E-state index >= 15 is 0 Å². The van der Waals surface area contributed by atoms with Gasteiger partial charge in [0.15, 0.2) is 0 Å². The van der Waals surface area contributed by atoms with Crippen LogP contribution in [0.1, 0.15) is 53.4 Å². The molecule has 1 unspecified atom stereocenters. The van der Waals surface area contributed by atoms with Crippen LogP contribution in [0, 0.1) is 11.8 Å². The molecule has 0 saturated carbocycles. The van der Waals surface area contributed by atoms with E-state index in [1.54, 1.807) is 16.7 Å². The van der Waals surface area contributed by atoms with Gasteiger partial charge in [0.05, 0.1) is 16.6 Å². The van der Waals surface area contributed by atoms with Crippen LogP contribution >= 0.6 is 11.8 Å². The number of carbonyl (C=O) groups is 3. The van der Waals surface area contributed by atoms with Gasteiger partial charge in [-0.3, -0.25) is 14.4 Å². The van der Waals surface area contributed by atoms with Crippen LogP contribution in [0.2, 0.25) is 0 Å². The predicted molar refractivity (Wildman–Crippen MR) is 127 cm³/mol. The minimum atomic E-state index is -0.806. The van der Waals surface area contributed by atoms with Gasteiger partial charge in [-0.05, 0) is 46.6 Å². The number of aliphatic hydroxyl groups excluding tert-OH is 1. The molecule has 2 fully saturated rings. The van der Waals surface area contributed by atoms with E-state index in [9.17, 15) is 14.4 Å². The van der Waals surface area contributed by atoms with Crippen molar-refractivity contribution in [2.75, 3.05) is 26.3 Å². The number of thioether (sulfide) groups is 1. The van der Waals surface area contributed by atoms with Crippen LogP contribution in [-0.2, 0) is 19.1 Å². The fourth-order valence-electron chi connectivity index (χ4n) is 5.95. The Bertz CT molecular complexity index is 881. The summed E-state index contributed by atoms with van der Waals surface area (Å²) in [6, 6.07) is -0.652. The molecular formula is C25H36N2O5S. The number of ether oxygens (including phenoxy) is 1. The molecule has 0 aromatic carbocycles. The zero-order valence-electron chi connectivity index (χ0n) is 20.1. The lowest BCUT2D eigenvalue weighted by molar-refractivity contribution is -0.152. The number of likely N-dealkylation sites (tertiary alicyclic amines) is 1. The van der Waals surface area contributed by atoms with Crippen molar-refractivity contribution in [3.05, 3.63) is 24.3 Å². The maximum atomic E-state index is 14.1. The Kier molecular flexibility index (Phi) is 6.46. The average Bonchev–Trinajstić information content (AvgIpc) is 2.97. The fourth-order valence-corrected chi connectivity index (χ4v) is 8.10. The van der Waals surface area contributed by atoms with Gasteiger partial charge >= 0.3 is 5.97 Å². The molecule has 0 bridgehead atoms. The van der Waals surface area contributed by atoms with E-state index < -0.39 is 32.9 Å². The van der Waals surface area contributed by atoms with Gasteiger partial charge in [0.2, 0.25) is 11.8 Å². The van der Waals surface area contributed by atoms with E-state index in [1.165, 1.54) is 0 Å². The molecule has 0 radical (unpaired) electrons. The molecule has 0 aromatic heterocycles. The second-order valence-electron chi connectivity index (χ2n) is 10.7. The Morgan fingerprint density at radius 3 is 2.48 bits per heavy atom. The number of aliphatic hydroxyl groups is 1. The molecule has 4 heterocycles. The van der Waals surface area contributed by atoms with Gasteiger partial charge in [0, 0.05) is 30.0 Å². The van der Waals surface area contributed by atoms with E-state index in [2.05, 4.69) is 0 Å². The molecule has 1 spiro atoms. The Morgan fingerprint density at radius 2 is 1.79 bits per heavy atom. The summed E-state index contributed by atoms with van der Waals surface area (Å²) in [5.41, 5.74) is -0.392. The highest BCUT2D eigenvalue weighted by molar-refractivity contribution is 8.02. The Hall–Kier alpha value is -1.80. The van der Waals surface area contributed by atoms with Crippen molar-refractivity contribution >= 4 is 29.5 Å². The average molecular weight is 477 g/mol. The molecule has 4 aliphatic heterocycles.